The van der Waals surface area contributed by atoms with Crippen LogP contribution in [0.15, 0.2) is 84.0 Å². The highest BCUT2D eigenvalue weighted by Crippen LogP contribution is 2.25. The molecule has 0 spiro atoms. The van der Waals surface area contributed by atoms with Gasteiger partial charge in [-0.2, -0.15) is 5.10 Å². The Kier molecular flexibility index (Phi) is 5.33. The van der Waals surface area contributed by atoms with Crippen LogP contribution in [0.1, 0.15) is 11.4 Å². The lowest BCUT2D eigenvalue weighted by atomic mass is 10.1. The predicted molar refractivity (Wildman–Crippen MR) is 133 cm³/mol. The van der Waals surface area contributed by atoms with Crippen LogP contribution in [0.25, 0.3) is 27.4 Å². The van der Waals surface area contributed by atoms with Gasteiger partial charge >= 0.3 is 0 Å². The molecule has 8 nitrogen and oxygen atoms in total. The quantitative estimate of drug-likeness (QED) is 0.388. The molecule has 0 N–H and O–H groups in total. The summed E-state index contributed by atoms with van der Waals surface area (Å²) in [6.45, 7) is 1.95. The minimum absolute atomic E-state index is 0.0590. The number of pyridine rings is 2. The lowest BCUT2D eigenvalue weighted by Crippen LogP contribution is -2.29. The minimum atomic E-state index is -3.63. The van der Waals surface area contributed by atoms with E-state index in [9.17, 15) is 13.2 Å². The van der Waals surface area contributed by atoms with Gasteiger partial charge in [0, 0.05) is 17.8 Å². The molecule has 3 aromatic heterocycles. The topological polar surface area (TPSA) is 98.0 Å². The van der Waals surface area contributed by atoms with Crippen molar-refractivity contribution in [3.05, 3.63) is 101 Å². The zero-order valence-electron chi connectivity index (χ0n) is 18.6. The van der Waals surface area contributed by atoms with Gasteiger partial charge in [-0.15, -0.1) is 0 Å². The summed E-state index contributed by atoms with van der Waals surface area (Å²) in [4.78, 5) is 22.3. The molecule has 0 aliphatic rings. The van der Waals surface area contributed by atoms with Gasteiger partial charge in [0.2, 0.25) is 10.0 Å². The number of fused-ring (bicyclic) bond motifs is 2. The van der Waals surface area contributed by atoms with E-state index >= 15 is 0 Å². The van der Waals surface area contributed by atoms with Gasteiger partial charge in [0.1, 0.15) is 0 Å². The SMILES string of the molecule is Cc1ccn(-c2cnc3ccc4ccc(N(Cc5ccccn5)S(C)(=O)=O)cc4c(=O)c3c2)n1. The third-order valence-electron chi connectivity index (χ3n) is 5.56. The normalized spacial score (nSPS) is 11.7. The van der Waals surface area contributed by atoms with E-state index in [1.807, 2.05) is 25.3 Å². The summed E-state index contributed by atoms with van der Waals surface area (Å²) in [7, 11) is -3.63. The zero-order chi connectivity index (χ0) is 23.9. The largest absolute Gasteiger partial charge is 0.289 e. The van der Waals surface area contributed by atoms with Crippen LogP contribution in [0.3, 0.4) is 0 Å². The smallest absolute Gasteiger partial charge is 0.232 e. The molecule has 3 heterocycles. The van der Waals surface area contributed by atoms with Crippen molar-refractivity contribution in [2.45, 2.75) is 13.5 Å². The van der Waals surface area contributed by atoms with Crippen LogP contribution in [0.2, 0.25) is 0 Å². The van der Waals surface area contributed by atoms with E-state index in [2.05, 4.69) is 15.1 Å². The Bertz CT molecular complexity index is 1700. The molecule has 0 saturated heterocycles. The van der Waals surface area contributed by atoms with Gasteiger partial charge in [0.25, 0.3) is 0 Å². The van der Waals surface area contributed by atoms with Crippen molar-refractivity contribution in [2.24, 2.45) is 0 Å². The van der Waals surface area contributed by atoms with E-state index in [0.29, 0.717) is 38.7 Å². The maximum Gasteiger partial charge on any atom is 0.232 e. The number of anilines is 1. The molecule has 9 heteroatoms. The van der Waals surface area contributed by atoms with Crippen molar-refractivity contribution in [3.8, 4) is 5.69 Å². The molecule has 5 rings (SSSR count). The zero-order valence-corrected chi connectivity index (χ0v) is 19.4. The van der Waals surface area contributed by atoms with Crippen LogP contribution in [0.5, 0.6) is 0 Å². The van der Waals surface area contributed by atoms with Crippen LogP contribution in [0.4, 0.5) is 5.69 Å². The molecule has 34 heavy (non-hydrogen) atoms. The number of rotatable bonds is 5. The third-order valence-corrected chi connectivity index (χ3v) is 6.70. The van der Waals surface area contributed by atoms with Crippen LogP contribution in [-0.4, -0.2) is 34.4 Å². The molecule has 0 bridgehead atoms. The second-order valence-corrected chi connectivity index (χ2v) is 9.96. The van der Waals surface area contributed by atoms with Gasteiger partial charge in [-0.25, -0.2) is 13.1 Å². The molecule has 0 aliphatic heterocycles. The maximum absolute atomic E-state index is 13.6. The number of sulfonamides is 1. The standard InChI is InChI=1S/C25H21N5O3S/c1-17-10-12-29(28-17)21-14-23-24(27-15-21)9-7-18-6-8-20(13-22(18)25(23)31)30(34(2,32)33)16-19-5-3-4-11-26-19/h3-15H,16H2,1-2H3. The Morgan fingerprint density at radius 1 is 0.971 bits per heavy atom. The molecule has 0 aliphatic carbocycles. The minimum Gasteiger partial charge on any atom is -0.289 e. The summed E-state index contributed by atoms with van der Waals surface area (Å²) in [5, 5.41) is 5.91. The third kappa shape index (κ3) is 4.13. The number of aromatic nitrogens is 4. The van der Waals surface area contributed by atoms with Gasteiger partial charge in [-0.05, 0) is 54.8 Å². The summed E-state index contributed by atoms with van der Waals surface area (Å²) in [6, 6.07) is 17.6. The first kappa shape index (κ1) is 21.7. The number of nitrogens with zero attached hydrogens (tertiary/aromatic N) is 5. The first-order chi connectivity index (χ1) is 16.3. The molecule has 0 atom stereocenters. The molecule has 0 amide bonds. The van der Waals surface area contributed by atoms with Crippen molar-refractivity contribution in [2.75, 3.05) is 10.6 Å². The van der Waals surface area contributed by atoms with Gasteiger partial charge in [-0.3, -0.25) is 19.1 Å². The average molecular weight is 472 g/mol. The highest BCUT2D eigenvalue weighted by Gasteiger charge is 2.19. The van der Waals surface area contributed by atoms with E-state index in [0.717, 1.165) is 11.9 Å². The van der Waals surface area contributed by atoms with Gasteiger partial charge in [-0.1, -0.05) is 18.2 Å². The Morgan fingerprint density at radius 2 is 1.79 bits per heavy atom. The molecule has 0 fully saturated rings. The van der Waals surface area contributed by atoms with Crippen LogP contribution in [0, 0.1) is 6.92 Å². The molecule has 0 radical (unpaired) electrons. The maximum atomic E-state index is 13.6. The average Bonchev–Trinajstić information content (AvgIpc) is 3.21. The summed E-state index contributed by atoms with van der Waals surface area (Å²) < 4.78 is 28.2. The summed E-state index contributed by atoms with van der Waals surface area (Å²) in [6.07, 6.45) is 6.23. The van der Waals surface area contributed by atoms with Crippen molar-refractivity contribution in [3.63, 3.8) is 0 Å². The molecule has 5 aromatic rings. The van der Waals surface area contributed by atoms with E-state index in [-0.39, 0.29) is 12.0 Å². The summed E-state index contributed by atoms with van der Waals surface area (Å²) in [5.41, 5.74) is 2.82. The first-order valence-electron chi connectivity index (χ1n) is 10.6. The van der Waals surface area contributed by atoms with Crippen LogP contribution >= 0.6 is 0 Å². The molecular weight excluding hydrogens is 450 g/mol. The monoisotopic (exact) mass is 471 g/mol. The Morgan fingerprint density at radius 3 is 2.50 bits per heavy atom. The van der Waals surface area contributed by atoms with E-state index < -0.39 is 10.0 Å². The lowest BCUT2D eigenvalue weighted by molar-refractivity contribution is 0.596. The highest BCUT2D eigenvalue weighted by atomic mass is 32.2. The number of benzene rings is 1. The number of aryl methyl sites for hydroxylation is 1. The fraction of sp³-hybridized carbons (Fsp3) is 0.120. The Balaban J connectivity index is 1.69. The summed E-state index contributed by atoms with van der Waals surface area (Å²) >= 11 is 0. The second-order valence-electron chi connectivity index (χ2n) is 8.05. The van der Waals surface area contributed by atoms with Gasteiger partial charge in [0.05, 0.1) is 52.7 Å². The number of hydrogen-bond acceptors (Lipinski definition) is 6. The second kappa shape index (κ2) is 8.35. The van der Waals surface area contributed by atoms with Gasteiger partial charge in [0.15, 0.2) is 5.43 Å². The van der Waals surface area contributed by atoms with E-state index in [4.69, 9.17) is 0 Å². The fourth-order valence-corrected chi connectivity index (χ4v) is 4.72. The Labute approximate surface area is 196 Å². The van der Waals surface area contributed by atoms with Crippen molar-refractivity contribution >= 4 is 37.4 Å². The Hall–Kier alpha value is -4.11. The van der Waals surface area contributed by atoms with Crippen LogP contribution in [-0.2, 0) is 16.6 Å². The first-order valence-corrected chi connectivity index (χ1v) is 12.4. The molecule has 2 aromatic carbocycles. The van der Waals surface area contributed by atoms with Crippen molar-refractivity contribution in [1.29, 1.82) is 0 Å². The van der Waals surface area contributed by atoms with Gasteiger partial charge < -0.3 is 0 Å². The lowest BCUT2D eigenvalue weighted by Gasteiger charge is -2.22. The fourth-order valence-electron chi connectivity index (χ4n) is 3.86. The predicted octanol–water partition coefficient (Wildman–Crippen LogP) is 3.60. The molecule has 170 valence electrons. The number of hydrogen-bond donors (Lipinski definition) is 0. The van der Waals surface area contributed by atoms with Crippen molar-refractivity contribution in [1.82, 2.24) is 19.7 Å². The molecule has 0 saturated carbocycles. The van der Waals surface area contributed by atoms with E-state index in [1.54, 1.807) is 65.6 Å². The molecule has 0 unspecified atom stereocenters. The molecular formula is C25H21N5O3S. The summed E-state index contributed by atoms with van der Waals surface area (Å²) in [5.74, 6) is 0. The van der Waals surface area contributed by atoms with Crippen molar-refractivity contribution < 1.29 is 8.42 Å². The van der Waals surface area contributed by atoms with Crippen LogP contribution < -0.4 is 9.73 Å². The van der Waals surface area contributed by atoms with E-state index in [1.165, 1.54) is 4.31 Å². The highest BCUT2D eigenvalue weighted by molar-refractivity contribution is 7.92.